The van der Waals surface area contributed by atoms with Gasteiger partial charge in [0.25, 0.3) is 0 Å². The van der Waals surface area contributed by atoms with Crippen molar-refractivity contribution < 1.29 is 80.2 Å². The number of ether oxygens (including phenoxy) is 4. The highest BCUT2D eigenvalue weighted by Gasteiger charge is 2.30. The Labute approximate surface area is 632 Å². The third kappa shape index (κ3) is 75.7. The van der Waals surface area contributed by atoms with Crippen LogP contribution in [0.3, 0.4) is 0 Å². The lowest BCUT2D eigenvalue weighted by Gasteiger charge is -2.21. The zero-order chi connectivity index (χ0) is 76.0. The van der Waals surface area contributed by atoms with Crippen LogP contribution in [0.4, 0.5) is 0 Å². The minimum absolute atomic E-state index is 0.0697. The van der Waals surface area contributed by atoms with Crippen molar-refractivity contribution in [3.63, 3.8) is 0 Å². The number of carbonyl (C=O) groups is 4. The summed E-state index contributed by atoms with van der Waals surface area (Å²) in [6, 6.07) is 0. The van der Waals surface area contributed by atoms with Crippen molar-refractivity contribution >= 4 is 39.5 Å². The fourth-order valence-electron chi connectivity index (χ4n) is 10.8. The van der Waals surface area contributed by atoms with Crippen LogP contribution in [0.2, 0.25) is 0 Å². The van der Waals surface area contributed by atoms with Crippen molar-refractivity contribution in [1.82, 2.24) is 0 Å². The number of esters is 4. The fourth-order valence-corrected chi connectivity index (χ4v) is 12.3. The summed E-state index contributed by atoms with van der Waals surface area (Å²) in [4.78, 5) is 73.1. The van der Waals surface area contributed by atoms with Gasteiger partial charge >= 0.3 is 39.5 Å². The largest absolute Gasteiger partial charge is 0.472 e. The Morgan fingerprint density at radius 1 is 0.279 bits per heavy atom. The van der Waals surface area contributed by atoms with Gasteiger partial charge in [0, 0.05) is 25.7 Å². The molecule has 598 valence electrons. The first-order chi connectivity index (χ1) is 50.7. The molecule has 0 aliphatic carbocycles. The second-order valence-corrected chi connectivity index (χ2v) is 29.9. The highest BCUT2D eigenvalue weighted by Crippen LogP contribution is 2.45. The van der Waals surface area contributed by atoms with Crippen LogP contribution in [0.5, 0.6) is 0 Å². The molecule has 0 aromatic rings. The van der Waals surface area contributed by atoms with Crippen LogP contribution in [0.1, 0.15) is 336 Å². The van der Waals surface area contributed by atoms with Crippen LogP contribution in [-0.4, -0.2) is 96.7 Å². The summed E-state index contributed by atoms with van der Waals surface area (Å²) in [7, 11) is -9.97. The molecule has 5 atom stereocenters. The summed E-state index contributed by atoms with van der Waals surface area (Å²) >= 11 is 0. The third-order valence-electron chi connectivity index (χ3n) is 16.9. The van der Waals surface area contributed by atoms with Crippen molar-refractivity contribution in [2.45, 2.75) is 354 Å². The number of carbonyl (C=O) groups excluding carboxylic acids is 4. The summed E-state index contributed by atoms with van der Waals surface area (Å²) in [6.07, 6.45) is 84.5. The maximum Gasteiger partial charge on any atom is 0.472 e. The molecule has 19 heteroatoms. The average molecular weight is 1500 g/mol. The van der Waals surface area contributed by atoms with Gasteiger partial charge in [0.05, 0.1) is 26.4 Å². The number of allylic oxidation sites excluding steroid dienone is 20. The van der Waals surface area contributed by atoms with Gasteiger partial charge in [-0.25, -0.2) is 9.13 Å². The maximum absolute atomic E-state index is 13.1. The first-order valence-corrected chi connectivity index (χ1v) is 43.8. The van der Waals surface area contributed by atoms with Gasteiger partial charge in [-0.05, 0) is 135 Å². The second-order valence-electron chi connectivity index (χ2n) is 27.0. The predicted molar refractivity (Wildman–Crippen MR) is 427 cm³/mol. The van der Waals surface area contributed by atoms with Crippen LogP contribution < -0.4 is 0 Å². The molecule has 104 heavy (non-hydrogen) atoms. The molecule has 0 aliphatic heterocycles. The number of rotatable bonds is 76. The van der Waals surface area contributed by atoms with Crippen molar-refractivity contribution in [1.29, 1.82) is 0 Å². The highest BCUT2D eigenvalue weighted by atomic mass is 31.2. The van der Waals surface area contributed by atoms with Crippen LogP contribution in [-0.2, 0) is 65.4 Å². The minimum atomic E-state index is -4.99. The predicted octanol–water partition coefficient (Wildman–Crippen LogP) is 23.9. The molecular formula is C85H146O17P2. The van der Waals surface area contributed by atoms with E-state index in [1.807, 2.05) is 0 Å². The van der Waals surface area contributed by atoms with E-state index in [-0.39, 0.29) is 25.7 Å². The summed E-state index contributed by atoms with van der Waals surface area (Å²) in [5, 5.41) is 10.6. The molecule has 0 rings (SSSR count). The number of hydrogen-bond acceptors (Lipinski definition) is 15. The zero-order valence-electron chi connectivity index (χ0n) is 65.4. The van der Waals surface area contributed by atoms with Crippen molar-refractivity contribution in [3.8, 4) is 0 Å². The number of phosphoric ester groups is 2. The molecule has 0 heterocycles. The Bertz CT molecular complexity index is 2440. The standard InChI is InChI=1S/C85H146O17P2/c1-5-9-13-17-21-25-29-33-36-38-39-41-44-47-50-54-58-62-66-70-83(88)96-76-81(102-85(90)72-68-64-60-56-52-48-42-35-31-27-23-19-15-11-7-3)78-100-104(93,94)98-74-79(86)73-97-103(91,92)99-77-80(101-84(89)71-67-63-59-55-51-45-32-28-24-20-16-12-8-4)75-95-82(87)69-65-61-57-53-49-46-43-40-37-34-30-26-22-18-14-10-6-2/h9-10,13-14,21-23,25-27,33-37,39,41-42,47,50,79-81,86H,5-8,11-12,15-20,24,28-32,38,40,43-46,48-49,51-78H2,1-4H3,(H,91,92)(H,93,94)/b13-9-,14-10-,25-21-,26-22-,27-23-,36-33-,37-34-,41-39-,42-35-,50-47-. The van der Waals surface area contributed by atoms with E-state index in [4.69, 9.17) is 37.0 Å². The van der Waals surface area contributed by atoms with Crippen molar-refractivity contribution in [2.75, 3.05) is 39.6 Å². The molecule has 0 spiro atoms. The zero-order valence-corrected chi connectivity index (χ0v) is 67.2. The van der Waals surface area contributed by atoms with Gasteiger partial charge in [-0.15, -0.1) is 0 Å². The van der Waals surface area contributed by atoms with E-state index in [1.54, 1.807) is 0 Å². The van der Waals surface area contributed by atoms with E-state index in [2.05, 4.69) is 149 Å². The molecule has 0 bridgehead atoms. The topological polar surface area (TPSA) is 237 Å². The van der Waals surface area contributed by atoms with Gasteiger partial charge in [-0.2, -0.15) is 0 Å². The molecule has 0 saturated carbocycles. The maximum atomic E-state index is 13.1. The molecule has 17 nitrogen and oxygen atoms in total. The van der Waals surface area contributed by atoms with E-state index >= 15 is 0 Å². The molecule has 0 aliphatic rings. The molecule has 0 aromatic carbocycles. The van der Waals surface area contributed by atoms with Gasteiger partial charge < -0.3 is 33.8 Å². The Morgan fingerprint density at radius 2 is 0.500 bits per heavy atom. The molecule has 0 saturated heterocycles. The Hall–Kier alpha value is -4.54. The Kier molecular flexibility index (Phi) is 73.3. The van der Waals surface area contributed by atoms with Crippen LogP contribution >= 0.6 is 15.6 Å². The van der Waals surface area contributed by atoms with Gasteiger partial charge in [-0.1, -0.05) is 297 Å². The number of phosphoric acid groups is 2. The minimum Gasteiger partial charge on any atom is -0.462 e. The van der Waals surface area contributed by atoms with Gasteiger partial charge in [0.2, 0.25) is 0 Å². The Morgan fingerprint density at radius 3 is 0.798 bits per heavy atom. The van der Waals surface area contributed by atoms with E-state index < -0.39 is 97.5 Å². The van der Waals surface area contributed by atoms with Gasteiger partial charge in [-0.3, -0.25) is 37.3 Å². The molecule has 0 amide bonds. The Balaban J connectivity index is 5.39. The van der Waals surface area contributed by atoms with E-state index in [0.717, 1.165) is 186 Å². The molecule has 0 aromatic heterocycles. The summed E-state index contributed by atoms with van der Waals surface area (Å²) < 4.78 is 68.6. The van der Waals surface area contributed by atoms with Crippen molar-refractivity contribution in [3.05, 3.63) is 122 Å². The van der Waals surface area contributed by atoms with E-state index in [9.17, 15) is 43.2 Å². The lowest BCUT2D eigenvalue weighted by Crippen LogP contribution is -2.30. The summed E-state index contributed by atoms with van der Waals surface area (Å²) in [5.74, 6) is -2.22. The fraction of sp³-hybridized carbons (Fsp3) is 0.718. The normalized spacial score (nSPS) is 14.5. The first-order valence-electron chi connectivity index (χ1n) is 40.8. The number of unbranched alkanes of at least 4 members (excludes halogenated alkanes) is 30. The smallest absolute Gasteiger partial charge is 0.462 e. The monoisotopic (exact) mass is 1500 g/mol. The molecule has 0 radical (unpaired) electrons. The van der Waals surface area contributed by atoms with Crippen molar-refractivity contribution in [2.24, 2.45) is 0 Å². The van der Waals surface area contributed by atoms with Crippen LogP contribution in [0.15, 0.2) is 122 Å². The summed E-state index contributed by atoms with van der Waals surface area (Å²) in [5.41, 5.74) is 0. The number of aliphatic hydroxyl groups is 1. The third-order valence-corrected chi connectivity index (χ3v) is 18.8. The second kappa shape index (κ2) is 76.6. The molecule has 3 N–H and O–H groups in total. The summed E-state index contributed by atoms with van der Waals surface area (Å²) in [6.45, 7) is 4.60. The molecular weight excluding hydrogens is 1350 g/mol. The van der Waals surface area contributed by atoms with Crippen LogP contribution in [0, 0.1) is 0 Å². The molecule has 5 unspecified atom stereocenters. The average Bonchev–Trinajstić information content (AvgIpc) is 0.911. The highest BCUT2D eigenvalue weighted by molar-refractivity contribution is 7.47. The van der Waals surface area contributed by atoms with E-state index in [1.165, 1.54) is 70.6 Å². The van der Waals surface area contributed by atoms with Gasteiger partial charge in [0.1, 0.15) is 19.3 Å². The molecule has 0 fully saturated rings. The van der Waals surface area contributed by atoms with Gasteiger partial charge in [0.15, 0.2) is 12.2 Å². The van der Waals surface area contributed by atoms with E-state index in [0.29, 0.717) is 25.7 Å². The quantitative estimate of drug-likeness (QED) is 0.0169. The SMILES string of the molecule is CC/C=C\C/C=C\C/C=C\C/C=C\C/C=C\CCCCCC(=O)OCC(COP(=O)(O)OCC(O)COP(=O)(O)OCC(COC(=O)CCCCCCCCC/C=C\C/C=C\C/C=C\CC)OC(=O)CCCCCCCCCCCCCCC)OC(=O)CCCCCCC/C=C\C/C=C\CCCCC. The number of aliphatic hydroxyl groups excluding tert-OH is 1. The van der Waals surface area contributed by atoms with Crippen LogP contribution in [0.25, 0.3) is 0 Å². The lowest BCUT2D eigenvalue weighted by atomic mass is 10.0. The number of hydrogen-bond donors (Lipinski definition) is 3. The first kappa shape index (κ1) is 99.5. The lowest BCUT2D eigenvalue weighted by molar-refractivity contribution is -0.161.